The van der Waals surface area contributed by atoms with Crippen molar-refractivity contribution in [1.82, 2.24) is 0 Å². The first-order valence-corrected chi connectivity index (χ1v) is 6.14. The van der Waals surface area contributed by atoms with Gasteiger partial charge >= 0.3 is 5.97 Å². The van der Waals surface area contributed by atoms with Gasteiger partial charge in [-0.1, -0.05) is 13.5 Å². The van der Waals surface area contributed by atoms with Crippen LogP contribution in [0.3, 0.4) is 0 Å². The van der Waals surface area contributed by atoms with Gasteiger partial charge in [-0.25, -0.2) is 4.79 Å². The lowest BCUT2D eigenvalue weighted by Gasteiger charge is -2.31. The van der Waals surface area contributed by atoms with Crippen molar-refractivity contribution in [3.8, 4) is 0 Å². The van der Waals surface area contributed by atoms with Crippen molar-refractivity contribution in [2.45, 2.75) is 45.1 Å². The predicted molar refractivity (Wildman–Crippen MR) is 62.9 cm³/mol. The average molecular weight is 226 g/mol. The Hall–Kier alpha value is -0.830. The van der Waals surface area contributed by atoms with E-state index in [1.165, 1.54) is 6.08 Å². The monoisotopic (exact) mass is 226 g/mol. The Morgan fingerprint density at radius 1 is 1.50 bits per heavy atom. The first kappa shape index (κ1) is 13.2. The van der Waals surface area contributed by atoms with Gasteiger partial charge < -0.3 is 9.84 Å². The number of ether oxygens (including phenoxy) is 1. The number of aliphatic hydroxyl groups is 1. The molecule has 3 nitrogen and oxygen atoms in total. The molecule has 0 amide bonds. The fraction of sp³-hybridized carbons (Fsp3) is 0.769. The Balaban J connectivity index is 2.35. The summed E-state index contributed by atoms with van der Waals surface area (Å²) in [7, 11) is 0. The normalized spacial score (nSPS) is 27.1. The third-order valence-corrected chi connectivity index (χ3v) is 3.54. The lowest BCUT2D eigenvalue weighted by molar-refractivity contribution is -0.140. The topological polar surface area (TPSA) is 46.5 Å². The quantitative estimate of drug-likeness (QED) is 0.578. The van der Waals surface area contributed by atoms with Gasteiger partial charge in [0.15, 0.2) is 0 Å². The van der Waals surface area contributed by atoms with Gasteiger partial charge in [0.1, 0.15) is 0 Å². The van der Waals surface area contributed by atoms with Gasteiger partial charge in [-0.2, -0.15) is 0 Å². The number of hydrogen-bond acceptors (Lipinski definition) is 3. The SMILES string of the molecule is C=CC(=O)OCC(CC)C1CCC(O)CC1. The minimum Gasteiger partial charge on any atom is -0.462 e. The van der Waals surface area contributed by atoms with Crippen LogP contribution in [0.1, 0.15) is 39.0 Å². The van der Waals surface area contributed by atoms with E-state index in [2.05, 4.69) is 13.5 Å². The number of hydrogen-bond donors (Lipinski definition) is 1. The summed E-state index contributed by atoms with van der Waals surface area (Å²) < 4.78 is 5.10. The molecule has 0 aromatic rings. The van der Waals surface area contributed by atoms with Crippen LogP contribution in [0.2, 0.25) is 0 Å². The minimum absolute atomic E-state index is 0.121. The van der Waals surface area contributed by atoms with Crippen molar-refractivity contribution in [1.29, 1.82) is 0 Å². The molecule has 0 aliphatic heterocycles. The molecule has 1 fully saturated rings. The van der Waals surface area contributed by atoms with Gasteiger partial charge in [0.2, 0.25) is 0 Å². The maximum atomic E-state index is 11.0. The predicted octanol–water partition coefficient (Wildman–Crippen LogP) is 2.29. The molecule has 1 atom stereocenters. The first-order valence-electron chi connectivity index (χ1n) is 6.14. The molecule has 1 rings (SSSR count). The van der Waals surface area contributed by atoms with Crippen LogP contribution in [0.25, 0.3) is 0 Å². The standard InChI is InChI=1S/C13H22O3/c1-3-10(9-16-13(15)4-2)11-5-7-12(14)8-6-11/h4,10-12,14H,2-3,5-9H2,1H3. The Morgan fingerprint density at radius 2 is 2.12 bits per heavy atom. The van der Waals surface area contributed by atoms with Gasteiger partial charge in [0, 0.05) is 6.08 Å². The Kier molecular flexibility index (Phi) is 5.53. The lowest BCUT2D eigenvalue weighted by Crippen LogP contribution is -2.27. The number of aliphatic hydroxyl groups excluding tert-OH is 1. The third-order valence-electron chi connectivity index (χ3n) is 3.54. The zero-order valence-corrected chi connectivity index (χ0v) is 10.0. The van der Waals surface area contributed by atoms with E-state index in [4.69, 9.17) is 4.74 Å². The summed E-state index contributed by atoms with van der Waals surface area (Å²) >= 11 is 0. The van der Waals surface area contributed by atoms with Crippen molar-refractivity contribution < 1.29 is 14.6 Å². The molecule has 0 bridgehead atoms. The van der Waals surface area contributed by atoms with Crippen molar-refractivity contribution in [2.75, 3.05) is 6.61 Å². The molecule has 1 unspecified atom stereocenters. The molecule has 16 heavy (non-hydrogen) atoms. The Bertz CT molecular complexity index is 229. The fourth-order valence-electron chi connectivity index (χ4n) is 2.41. The van der Waals surface area contributed by atoms with Crippen LogP contribution in [-0.2, 0) is 9.53 Å². The van der Waals surface area contributed by atoms with Gasteiger partial charge in [0.25, 0.3) is 0 Å². The molecule has 1 aliphatic carbocycles. The van der Waals surface area contributed by atoms with Crippen molar-refractivity contribution in [3.63, 3.8) is 0 Å². The van der Waals surface area contributed by atoms with Crippen molar-refractivity contribution in [2.24, 2.45) is 11.8 Å². The van der Waals surface area contributed by atoms with Crippen LogP contribution in [0, 0.1) is 11.8 Å². The lowest BCUT2D eigenvalue weighted by atomic mass is 9.78. The van der Waals surface area contributed by atoms with Crippen LogP contribution in [-0.4, -0.2) is 23.8 Å². The second-order valence-corrected chi connectivity index (χ2v) is 4.57. The van der Waals surface area contributed by atoms with E-state index in [9.17, 15) is 9.90 Å². The molecular formula is C13H22O3. The van der Waals surface area contributed by atoms with Gasteiger partial charge in [-0.3, -0.25) is 0 Å². The number of rotatable bonds is 5. The molecule has 1 aliphatic rings. The molecule has 0 spiro atoms. The maximum Gasteiger partial charge on any atom is 0.330 e. The number of esters is 1. The minimum atomic E-state index is -0.339. The summed E-state index contributed by atoms with van der Waals surface area (Å²) in [4.78, 5) is 11.0. The van der Waals surface area contributed by atoms with E-state index in [0.29, 0.717) is 18.4 Å². The van der Waals surface area contributed by atoms with Crippen LogP contribution >= 0.6 is 0 Å². The van der Waals surface area contributed by atoms with E-state index in [-0.39, 0.29) is 12.1 Å². The number of carbonyl (C=O) groups is 1. The van der Waals surface area contributed by atoms with Crippen LogP contribution in [0.5, 0.6) is 0 Å². The largest absolute Gasteiger partial charge is 0.462 e. The highest BCUT2D eigenvalue weighted by Crippen LogP contribution is 2.32. The number of carbonyl (C=O) groups excluding carboxylic acids is 1. The average Bonchev–Trinajstić information content (AvgIpc) is 2.31. The smallest absolute Gasteiger partial charge is 0.330 e. The summed E-state index contributed by atoms with van der Waals surface area (Å²) in [6.07, 6.45) is 5.97. The zero-order chi connectivity index (χ0) is 12.0. The summed E-state index contributed by atoms with van der Waals surface area (Å²) in [6, 6.07) is 0. The molecule has 92 valence electrons. The summed E-state index contributed by atoms with van der Waals surface area (Å²) in [5.74, 6) is 0.678. The highest BCUT2D eigenvalue weighted by atomic mass is 16.5. The molecular weight excluding hydrogens is 204 g/mol. The van der Waals surface area contributed by atoms with Gasteiger partial charge in [-0.05, 0) is 43.9 Å². The van der Waals surface area contributed by atoms with Gasteiger partial charge in [0.05, 0.1) is 12.7 Å². The molecule has 1 N–H and O–H groups in total. The summed E-state index contributed by atoms with van der Waals surface area (Å²) in [6.45, 7) is 5.99. The molecule has 0 radical (unpaired) electrons. The molecule has 1 saturated carbocycles. The van der Waals surface area contributed by atoms with E-state index in [1.807, 2.05) is 0 Å². The maximum absolute atomic E-state index is 11.0. The molecule has 0 heterocycles. The first-order chi connectivity index (χ1) is 7.67. The Morgan fingerprint density at radius 3 is 2.62 bits per heavy atom. The zero-order valence-electron chi connectivity index (χ0n) is 10.0. The molecule has 0 aromatic heterocycles. The van der Waals surface area contributed by atoms with Crippen LogP contribution < -0.4 is 0 Å². The highest BCUT2D eigenvalue weighted by Gasteiger charge is 2.26. The van der Waals surface area contributed by atoms with Gasteiger partial charge in [-0.15, -0.1) is 0 Å². The van der Waals surface area contributed by atoms with Crippen molar-refractivity contribution in [3.05, 3.63) is 12.7 Å². The second kappa shape index (κ2) is 6.69. The summed E-state index contributed by atoms with van der Waals surface area (Å²) in [5, 5.41) is 9.44. The van der Waals surface area contributed by atoms with E-state index >= 15 is 0 Å². The fourth-order valence-corrected chi connectivity index (χ4v) is 2.41. The van der Waals surface area contributed by atoms with Crippen LogP contribution in [0.4, 0.5) is 0 Å². The molecule has 3 heteroatoms. The summed E-state index contributed by atoms with van der Waals surface area (Å²) in [5.41, 5.74) is 0. The Labute approximate surface area is 97.5 Å². The third kappa shape index (κ3) is 3.97. The molecule has 0 aromatic carbocycles. The van der Waals surface area contributed by atoms with Crippen molar-refractivity contribution >= 4 is 5.97 Å². The highest BCUT2D eigenvalue weighted by molar-refractivity contribution is 5.81. The van der Waals surface area contributed by atoms with E-state index in [0.717, 1.165) is 32.1 Å². The molecule has 0 saturated heterocycles. The van der Waals surface area contributed by atoms with E-state index < -0.39 is 0 Å². The van der Waals surface area contributed by atoms with Crippen LogP contribution in [0.15, 0.2) is 12.7 Å². The van der Waals surface area contributed by atoms with E-state index in [1.54, 1.807) is 0 Å². The second-order valence-electron chi connectivity index (χ2n) is 4.57.